The molecule has 4 rings (SSSR count). The molecule has 0 amide bonds. The minimum Gasteiger partial charge on any atom is -0.398 e. The molecule has 0 bridgehead atoms. The number of hydrogen-bond acceptors (Lipinski definition) is 2. The van der Waals surface area contributed by atoms with Gasteiger partial charge in [0, 0.05) is 11.1 Å². The van der Waals surface area contributed by atoms with Gasteiger partial charge in [0.2, 0.25) is 0 Å². The van der Waals surface area contributed by atoms with Crippen molar-refractivity contribution in [3.8, 4) is 11.1 Å². The molecular formula is C19H17NO. The Hall–Kier alpha value is -2.32. The van der Waals surface area contributed by atoms with Gasteiger partial charge in [-0.25, -0.2) is 0 Å². The zero-order valence-electron chi connectivity index (χ0n) is 11.8. The maximum absolute atomic E-state index is 6.12. The summed E-state index contributed by atoms with van der Waals surface area (Å²) in [6, 6.07) is 19.1. The summed E-state index contributed by atoms with van der Waals surface area (Å²) in [5, 5.41) is 2.31. The lowest BCUT2D eigenvalue weighted by molar-refractivity contribution is 0.111. The van der Waals surface area contributed by atoms with Crippen LogP contribution >= 0.6 is 0 Å². The van der Waals surface area contributed by atoms with Crippen molar-refractivity contribution in [2.24, 2.45) is 0 Å². The van der Waals surface area contributed by atoms with Gasteiger partial charge >= 0.3 is 0 Å². The van der Waals surface area contributed by atoms with Crippen LogP contribution in [0.25, 0.3) is 21.9 Å². The smallest absolute Gasteiger partial charge is 0.0719 e. The molecule has 0 saturated heterocycles. The summed E-state index contributed by atoms with van der Waals surface area (Å²) in [5.74, 6) is 0. The van der Waals surface area contributed by atoms with E-state index in [0.29, 0.717) is 0 Å². The highest BCUT2D eigenvalue weighted by atomic mass is 16.5. The Morgan fingerprint density at radius 1 is 0.952 bits per heavy atom. The Morgan fingerprint density at radius 3 is 2.81 bits per heavy atom. The predicted octanol–water partition coefficient (Wildman–Crippen LogP) is 4.16. The normalized spacial score (nSPS) is 14.1. The zero-order chi connectivity index (χ0) is 14.2. The van der Waals surface area contributed by atoms with Crippen molar-refractivity contribution in [2.75, 3.05) is 12.3 Å². The second-order valence-electron chi connectivity index (χ2n) is 5.53. The lowest BCUT2D eigenvalue weighted by atomic mass is 9.91. The molecule has 21 heavy (non-hydrogen) atoms. The van der Waals surface area contributed by atoms with E-state index >= 15 is 0 Å². The van der Waals surface area contributed by atoms with Crippen LogP contribution in [0.1, 0.15) is 11.1 Å². The van der Waals surface area contributed by atoms with Crippen molar-refractivity contribution in [2.45, 2.75) is 13.0 Å². The van der Waals surface area contributed by atoms with E-state index in [1.165, 1.54) is 27.6 Å². The maximum atomic E-state index is 6.12. The molecule has 0 unspecified atom stereocenters. The van der Waals surface area contributed by atoms with Crippen molar-refractivity contribution in [3.05, 3.63) is 65.7 Å². The molecule has 3 aromatic rings. The van der Waals surface area contributed by atoms with E-state index in [1.54, 1.807) is 0 Å². The molecule has 2 N–H and O–H groups in total. The minimum atomic E-state index is 0.721. The highest BCUT2D eigenvalue weighted by Gasteiger charge is 2.14. The van der Waals surface area contributed by atoms with E-state index in [-0.39, 0.29) is 0 Å². The fourth-order valence-electron chi connectivity index (χ4n) is 3.16. The van der Waals surface area contributed by atoms with Gasteiger partial charge in [-0.15, -0.1) is 0 Å². The van der Waals surface area contributed by atoms with Crippen LogP contribution in [0.4, 0.5) is 5.69 Å². The molecule has 0 aromatic heterocycles. The first kappa shape index (κ1) is 12.4. The number of anilines is 1. The maximum Gasteiger partial charge on any atom is 0.0719 e. The van der Waals surface area contributed by atoms with E-state index in [2.05, 4.69) is 42.5 Å². The Bertz CT molecular complexity index is 823. The topological polar surface area (TPSA) is 35.2 Å². The lowest BCUT2D eigenvalue weighted by Gasteiger charge is -2.20. The molecule has 0 aliphatic carbocycles. The Balaban J connectivity index is 1.93. The van der Waals surface area contributed by atoms with E-state index in [1.807, 2.05) is 12.1 Å². The fraction of sp³-hybridized carbons (Fsp3) is 0.158. The largest absolute Gasteiger partial charge is 0.398 e. The first-order valence-corrected chi connectivity index (χ1v) is 7.30. The summed E-state index contributed by atoms with van der Waals surface area (Å²) in [6.07, 6.45) is 0.980. The van der Waals surface area contributed by atoms with Crippen LogP contribution < -0.4 is 5.73 Å². The second-order valence-corrected chi connectivity index (χ2v) is 5.53. The van der Waals surface area contributed by atoms with Crippen LogP contribution in [0.2, 0.25) is 0 Å². The fourth-order valence-corrected chi connectivity index (χ4v) is 3.16. The van der Waals surface area contributed by atoms with Gasteiger partial charge in [0.25, 0.3) is 0 Å². The first-order chi connectivity index (χ1) is 10.3. The Labute approximate surface area is 124 Å². The quantitative estimate of drug-likeness (QED) is 0.677. The number of fused-ring (bicyclic) bond motifs is 2. The van der Waals surface area contributed by atoms with Gasteiger partial charge in [-0.05, 0) is 46.2 Å². The Morgan fingerprint density at radius 2 is 1.86 bits per heavy atom. The van der Waals surface area contributed by atoms with E-state index in [4.69, 9.17) is 10.5 Å². The molecular weight excluding hydrogens is 258 g/mol. The van der Waals surface area contributed by atoms with Gasteiger partial charge in [-0.1, -0.05) is 42.5 Å². The third kappa shape index (κ3) is 2.08. The summed E-state index contributed by atoms with van der Waals surface area (Å²) >= 11 is 0. The lowest BCUT2D eigenvalue weighted by Crippen LogP contribution is -2.10. The molecule has 0 fully saturated rings. The van der Waals surface area contributed by atoms with Crippen LogP contribution in [-0.4, -0.2) is 6.61 Å². The second kappa shape index (κ2) is 4.90. The number of ether oxygens (including phenoxy) is 1. The molecule has 3 aromatic carbocycles. The van der Waals surface area contributed by atoms with Crippen molar-refractivity contribution < 1.29 is 4.74 Å². The van der Waals surface area contributed by atoms with Gasteiger partial charge < -0.3 is 10.5 Å². The first-order valence-electron chi connectivity index (χ1n) is 7.30. The number of rotatable bonds is 1. The molecule has 104 valence electrons. The Kier molecular flexibility index (Phi) is 2.90. The SMILES string of the molecule is Nc1cccc2ccc(-c3cccc4c3CCOC4)cc12. The number of nitrogens with two attached hydrogens (primary N) is 1. The van der Waals surface area contributed by atoms with E-state index in [0.717, 1.165) is 30.7 Å². The predicted molar refractivity (Wildman–Crippen MR) is 87.2 cm³/mol. The minimum absolute atomic E-state index is 0.721. The van der Waals surface area contributed by atoms with Crippen LogP contribution in [0.15, 0.2) is 54.6 Å². The monoisotopic (exact) mass is 275 g/mol. The van der Waals surface area contributed by atoms with Crippen molar-refractivity contribution in [1.29, 1.82) is 0 Å². The van der Waals surface area contributed by atoms with Crippen LogP contribution in [0, 0.1) is 0 Å². The standard InChI is InChI=1S/C19H17NO/c20-19-6-2-3-13-7-8-14(11-18(13)19)16-5-1-4-15-12-21-10-9-17(15)16/h1-8,11H,9-10,12,20H2. The highest BCUT2D eigenvalue weighted by Crippen LogP contribution is 2.32. The zero-order valence-corrected chi connectivity index (χ0v) is 11.8. The van der Waals surface area contributed by atoms with Crippen LogP contribution in [0.3, 0.4) is 0 Å². The molecule has 0 saturated carbocycles. The van der Waals surface area contributed by atoms with Crippen molar-refractivity contribution in [3.63, 3.8) is 0 Å². The van der Waals surface area contributed by atoms with Crippen molar-refractivity contribution >= 4 is 16.5 Å². The summed E-state index contributed by atoms with van der Waals surface area (Å²) in [6.45, 7) is 1.53. The van der Waals surface area contributed by atoms with Gasteiger partial charge in [0.1, 0.15) is 0 Å². The van der Waals surface area contributed by atoms with Gasteiger partial charge in [0.05, 0.1) is 13.2 Å². The summed E-state index contributed by atoms with van der Waals surface area (Å²) in [7, 11) is 0. The number of hydrogen-bond donors (Lipinski definition) is 1. The average molecular weight is 275 g/mol. The van der Waals surface area contributed by atoms with Gasteiger partial charge in [-0.2, -0.15) is 0 Å². The molecule has 2 heteroatoms. The number of benzene rings is 3. The van der Waals surface area contributed by atoms with Crippen LogP contribution in [-0.2, 0) is 17.8 Å². The summed E-state index contributed by atoms with van der Waals surface area (Å²) in [4.78, 5) is 0. The van der Waals surface area contributed by atoms with Gasteiger partial charge in [0.15, 0.2) is 0 Å². The van der Waals surface area contributed by atoms with Gasteiger partial charge in [-0.3, -0.25) is 0 Å². The molecule has 1 heterocycles. The molecule has 1 aliphatic heterocycles. The van der Waals surface area contributed by atoms with E-state index in [9.17, 15) is 0 Å². The molecule has 0 atom stereocenters. The third-order valence-corrected chi connectivity index (χ3v) is 4.25. The summed E-state index contributed by atoms with van der Waals surface area (Å²) in [5.41, 5.74) is 12.2. The average Bonchev–Trinajstić information content (AvgIpc) is 2.54. The molecule has 1 aliphatic rings. The number of nitrogen functional groups attached to an aromatic ring is 1. The molecule has 2 nitrogen and oxygen atoms in total. The van der Waals surface area contributed by atoms with Crippen LogP contribution in [0.5, 0.6) is 0 Å². The van der Waals surface area contributed by atoms with Crippen molar-refractivity contribution in [1.82, 2.24) is 0 Å². The molecule has 0 radical (unpaired) electrons. The summed E-state index contributed by atoms with van der Waals surface area (Å²) < 4.78 is 5.56. The molecule has 0 spiro atoms. The third-order valence-electron chi connectivity index (χ3n) is 4.25. The highest BCUT2D eigenvalue weighted by molar-refractivity contribution is 5.96. The van der Waals surface area contributed by atoms with E-state index < -0.39 is 0 Å².